The summed E-state index contributed by atoms with van der Waals surface area (Å²) in [6, 6.07) is 4.73. The van der Waals surface area contributed by atoms with Gasteiger partial charge in [0, 0.05) is 23.4 Å². The van der Waals surface area contributed by atoms with E-state index >= 15 is 0 Å². The van der Waals surface area contributed by atoms with Gasteiger partial charge in [0.1, 0.15) is 6.54 Å². The molecule has 1 rings (SSSR count). The van der Waals surface area contributed by atoms with Crippen LogP contribution in [0.2, 0.25) is 0 Å². The number of anilines is 1. The highest BCUT2D eigenvalue weighted by Crippen LogP contribution is 2.26. The van der Waals surface area contributed by atoms with Crippen LogP contribution in [0, 0.1) is 17.0 Å². The number of aryl methyl sites for hydroxylation is 1. The summed E-state index contributed by atoms with van der Waals surface area (Å²) in [5.74, 6) is -0.920. The van der Waals surface area contributed by atoms with Gasteiger partial charge in [-0.05, 0) is 32.4 Å². The van der Waals surface area contributed by atoms with Crippen LogP contribution in [0.5, 0.6) is 0 Å². The minimum Gasteiger partial charge on any atom is -0.480 e. The molecule has 1 aromatic rings. The molecule has 104 valence electrons. The highest BCUT2D eigenvalue weighted by atomic mass is 16.6. The van der Waals surface area contributed by atoms with Gasteiger partial charge in [-0.2, -0.15) is 0 Å². The van der Waals surface area contributed by atoms with Gasteiger partial charge in [0.2, 0.25) is 0 Å². The van der Waals surface area contributed by atoms with Gasteiger partial charge in [0.25, 0.3) is 5.69 Å². The fourth-order valence-electron chi connectivity index (χ4n) is 1.89. The van der Waals surface area contributed by atoms with Gasteiger partial charge in [0.05, 0.1) is 4.92 Å². The maximum absolute atomic E-state index is 10.9. The summed E-state index contributed by atoms with van der Waals surface area (Å²) in [5, 5.41) is 19.7. The fourth-order valence-corrected chi connectivity index (χ4v) is 1.89. The lowest BCUT2D eigenvalue weighted by atomic mass is 10.1. The standard InChI is InChI=1S/C13H18N2O4/c1-4-10(3)14(8-13(16)17)11-5-6-12(15(18)19)9(2)7-11/h5-7,10H,4,8H2,1-3H3,(H,16,17). The normalized spacial score (nSPS) is 11.9. The van der Waals surface area contributed by atoms with E-state index < -0.39 is 10.9 Å². The van der Waals surface area contributed by atoms with Crippen LogP contribution in [0.25, 0.3) is 0 Å². The first-order valence-corrected chi connectivity index (χ1v) is 6.10. The van der Waals surface area contributed by atoms with E-state index in [2.05, 4.69) is 0 Å². The van der Waals surface area contributed by atoms with Crippen molar-refractivity contribution in [2.24, 2.45) is 0 Å². The summed E-state index contributed by atoms with van der Waals surface area (Å²) < 4.78 is 0. The van der Waals surface area contributed by atoms with Crippen molar-refractivity contribution < 1.29 is 14.8 Å². The summed E-state index contributed by atoms with van der Waals surface area (Å²) in [6.07, 6.45) is 0.795. The molecule has 0 bridgehead atoms. The van der Waals surface area contributed by atoms with Crippen LogP contribution in [0.15, 0.2) is 18.2 Å². The van der Waals surface area contributed by atoms with Gasteiger partial charge >= 0.3 is 5.97 Å². The number of benzene rings is 1. The van der Waals surface area contributed by atoms with Gasteiger partial charge in [-0.1, -0.05) is 6.92 Å². The Balaban J connectivity index is 3.12. The molecule has 1 unspecified atom stereocenters. The SMILES string of the molecule is CCC(C)N(CC(=O)O)c1ccc([N+](=O)[O-])c(C)c1. The Bertz CT molecular complexity index is 488. The summed E-state index contributed by atoms with van der Waals surface area (Å²) in [5.41, 5.74) is 1.27. The molecule has 19 heavy (non-hydrogen) atoms. The van der Waals surface area contributed by atoms with Crippen molar-refractivity contribution in [3.05, 3.63) is 33.9 Å². The number of nitro groups is 1. The van der Waals surface area contributed by atoms with Crippen LogP contribution in [0.4, 0.5) is 11.4 Å². The molecule has 6 nitrogen and oxygen atoms in total. The van der Waals surface area contributed by atoms with Gasteiger partial charge in [-0.3, -0.25) is 14.9 Å². The number of aliphatic carboxylic acids is 1. The predicted molar refractivity (Wildman–Crippen MR) is 72.6 cm³/mol. The molecule has 0 radical (unpaired) electrons. The highest BCUT2D eigenvalue weighted by Gasteiger charge is 2.19. The van der Waals surface area contributed by atoms with Crippen LogP contribution in [0.1, 0.15) is 25.8 Å². The first-order valence-electron chi connectivity index (χ1n) is 6.10. The monoisotopic (exact) mass is 266 g/mol. The van der Waals surface area contributed by atoms with E-state index in [1.807, 2.05) is 13.8 Å². The summed E-state index contributed by atoms with van der Waals surface area (Å²) in [4.78, 5) is 23.0. The van der Waals surface area contributed by atoms with Gasteiger partial charge < -0.3 is 10.0 Å². The van der Waals surface area contributed by atoms with Crippen molar-refractivity contribution in [1.29, 1.82) is 0 Å². The van der Waals surface area contributed by atoms with Crippen molar-refractivity contribution >= 4 is 17.3 Å². The number of carbonyl (C=O) groups is 1. The number of hydrogen-bond donors (Lipinski definition) is 1. The largest absolute Gasteiger partial charge is 0.480 e. The molecule has 0 saturated carbocycles. The third kappa shape index (κ3) is 3.67. The third-order valence-electron chi connectivity index (χ3n) is 3.14. The predicted octanol–water partition coefficient (Wildman–Crippen LogP) is 2.59. The average molecular weight is 266 g/mol. The zero-order valence-corrected chi connectivity index (χ0v) is 11.3. The lowest BCUT2D eigenvalue weighted by molar-refractivity contribution is -0.385. The van der Waals surface area contributed by atoms with Crippen LogP contribution in [-0.2, 0) is 4.79 Å². The van der Waals surface area contributed by atoms with E-state index in [9.17, 15) is 14.9 Å². The Morgan fingerprint density at radius 3 is 2.58 bits per heavy atom. The molecule has 1 atom stereocenters. The zero-order valence-electron chi connectivity index (χ0n) is 11.3. The molecular weight excluding hydrogens is 248 g/mol. The van der Waals surface area contributed by atoms with Crippen molar-refractivity contribution in [3.63, 3.8) is 0 Å². The number of carboxylic acid groups (broad SMARTS) is 1. The van der Waals surface area contributed by atoms with E-state index in [1.165, 1.54) is 6.07 Å². The summed E-state index contributed by atoms with van der Waals surface area (Å²) in [6.45, 7) is 5.43. The molecule has 0 heterocycles. The number of carboxylic acids is 1. The Morgan fingerprint density at radius 2 is 2.16 bits per heavy atom. The Kier molecular flexibility index (Phi) is 4.86. The first kappa shape index (κ1) is 14.9. The summed E-state index contributed by atoms with van der Waals surface area (Å²) >= 11 is 0. The molecule has 0 spiro atoms. The van der Waals surface area contributed by atoms with E-state index in [0.717, 1.165) is 6.42 Å². The van der Waals surface area contributed by atoms with Crippen molar-refractivity contribution in [2.75, 3.05) is 11.4 Å². The molecule has 0 aromatic heterocycles. The van der Waals surface area contributed by atoms with Gasteiger partial charge in [0.15, 0.2) is 0 Å². The Morgan fingerprint density at radius 1 is 1.53 bits per heavy atom. The Hall–Kier alpha value is -2.11. The summed E-state index contributed by atoms with van der Waals surface area (Å²) in [7, 11) is 0. The number of hydrogen-bond acceptors (Lipinski definition) is 4. The fraction of sp³-hybridized carbons (Fsp3) is 0.462. The number of nitrogens with zero attached hydrogens (tertiary/aromatic N) is 2. The van der Waals surface area contributed by atoms with E-state index in [1.54, 1.807) is 24.0 Å². The smallest absolute Gasteiger partial charge is 0.323 e. The second-order valence-electron chi connectivity index (χ2n) is 4.51. The number of nitro benzene ring substituents is 1. The molecule has 0 saturated heterocycles. The van der Waals surface area contributed by atoms with Gasteiger partial charge in [-0.15, -0.1) is 0 Å². The van der Waals surface area contributed by atoms with Crippen LogP contribution in [-0.4, -0.2) is 28.6 Å². The van der Waals surface area contributed by atoms with Crippen LogP contribution >= 0.6 is 0 Å². The topological polar surface area (TPSA) is 83.7 Å². The number of rotatable bonds is 6. The maximum atomic E-state index is 10.9. The highest BCUT2D eigenvalue weighted by molar-refractivity contribution is 5.74. The Labute approximate surface area is 111 Å². The lowest BCUT2D eigenvalue weighted by Crippen LogP contribution is -2.37. The maximum Gasteiger partial charge on any atom is 0.323 e. The van der Waals surface area contributed by atoms with Gasteiger partial charge in [-0.25, -0.2) is 0 Å². The quantitative estimate of drug-likeness (QED) is 0.632. The molecule has 0 aliphatic heterocycles. The van der Waals surface area contributed by atoms with E-state index in [-0.39, 0.29) is 18.3 Å². The molecule has 1 aromatic carbocycles. The lowest BCUT2D eigenvalue weighted by Gasteiger charge is -2.29. The van der Waals surface area contributed by atoms with E-state index in [0.29, 0.717) is 11.3 Å². The van der Waals surface area contributed by atoms with Crippen molar-refractivity contribution in [1.82, 2.24) is 0 Å². The van der Waals surface area contributed by atoms with E-state index in [4.69, 9.17) is 5.11 Å². The molecule has 6 heteroatoms. The molecule has 1 N–H and O–H groups in total. The molecule has 0 aliphatic rings. The second kappa shape index (κ2) is 6.17. The minimum absolute atomic E-state index is 0.0446. The molecule has 0 fully saturated rings. The molecular formula is C13H18N2O4. The second-order valence-corrected chi connectivity index (χ2v) is 4.51. The zero-order chi connectivity index (χ0) is 14.6. The average Bonchev–Trinajstić information content (AvgIpc) is 2.34. The van der Waals surface area contributed by atoms with Crippen molar-refractivity contribution in [2.45, 2.75) is 33.2 Å². The molecule has 0 amide bonds. The minimum atomic E-state index is -0.920. The van der Waals surface area contributed by atoms with Crippen molar-refractivity contribution in [3.8, 4) is 0 Å². The van der Waals surface area contributed by atoms with Crippen LogP contribution < -0.4 is 4.90 Å². The van der Waals surface area contributed by atoms with Crippen LogP contribution in [0.3, 0.4) is 0 Å². The molecule has 0 aliphatic carbocycles. The third-order valence-corrected chi connectivity index (χ3v) is 3.14. The first-order chi connectivity index (χ1) is 8.86.